The lowest BCUT2D eigenvalue weighted by molar-refractivity contribution is 0.197. The number of piperazine rings is 1. The lowest BCUT2D eigenvalue weighted by Crippen LogP contribution is -2.51. The first-order valence-corrected chi connectivity index (χ1v) is 9.75. The average Bonchev–Trinajstić information content (AvgIpc) is 2.73. The Morgan fingerprint density at radius 2 is 1.74 bits per heavy atom. The largest absolute Gasteiger partial charge is 0.497 e. The van der Waals surface area contributed by atoms with Crippen molar-refractivity contribution in [2.45, 2.75) is 6.54 Å². The SMILES string of the molecule is COc1ccc(CNC(=S)N2CCN(C/C=C/c3ccccc3)CC2)cc1. The second kappa shape index (κ2) is 10.1. The maximum Gasteiger partial charge on any atom is 0.169 e. The van der Waals surface area contributed by atoms with Crippen molar-refractivity contribution >= 4 is 23.4 Å². The number of ether oxygens (including phenoxy) is 1. The Morgan fingerprint density at radius 1 is 1.04 bits per heavy atom. The van der Waals surface area contributed by atoms with Gasteiger partial charge >= 0.3 is 0 Å². The van der Waals surface area contributed by atoms with Gasteiger partial charge in [0, 0.05) is 39.3 Å². The third kappa shape index (κ3) is 6.08. The highest BCUT2D eigenvalue weighted by molar-refractivity contribution is 7.80. The van der Waals surface area contributed by atoms with Crippen LogP contribution in [0.3, 0.4) is 0 Å². The van der Waals surface area contributed by atoms with Crippen LogP contribution >= 0.6 is 12.2 Å². The van der Waals surface area contributed by atoms with E-state index in [0.29, 0.717) is 0 Å². The molecule has 4 nitrogen and oxygen atoms in total. The second-order valence-corrected chi connectivity index (χ2v) is 6.99. The first-order valence-electron chi connectivity index (χ1n) is 9.34. The number of nitrogens with one attached hydrogen (secondary N) is 1. The highest BCUT2D eigenvalue weighted by atomic mass is 32.1. The van der Waals surface area contributed by atoms with Gasteiger partial charge in [0.2, 0.25) is 0 Å². The quantitative estimate of drug-likeness (QED) is 0.774. The zero-order valence-electron chi connectivity index (χ0n) is 15.8. The van der Waals surface area contributed by atoms with Gasteiger partial charge in [0.25, 0.3) is 0 Å². The van der Waals surface area contributed by atoms with Crippen LogP contribution < -0.4 is 10.1 Å². The van der Waals surface area contributed by atoms with Gasteiger partial charge in [0.15, 0.2) is 5.11 Å². The molecule has 0 aromatic heterocycles. The van der Waals surface area contributed by atoms with E-state index in [1.807, 2.05) is 18.2 Å². The minimum Gasteiger partial charge on any atom is -0.497 e. The monoisotopic (exact) mass is 381 g/mol. The molecule has 0 radical (unpaired) electrons. The summed E-state index contributed by atoms with van der Waals surface area (Å²) in [7, 11) is 1.68. The molecule has 3 rings (SSSR count). The molecule has 0 saturated carbocycles. The fourth-order valence-corrected chi connectivity index (χ4v) is 3.32. The summed E-state index contributed by atoms with van der Waals surface area (Å²) in [6, 6.07) is 18.5. The molecule has 1 saturated heterocycles. The molecule has 27 heavy (non-hydrogen) atoms. The highest BCUT2D eigenvalue weighted by Crippen LogP contribution is 2.11. The van der Waals surface area contributed by atoms with Gasteiger partial charge in [0.05, 0.1) is 7.11 Å². The van der Waals surface area contributed by atoms with Crippen LogP contribution in [0.5, 0.6) is 5.75 Å². The van der Waals surface area contributed by atoms with Crippen molar-refractivity contribution in [1.29, 1.82) is 0 Å². The number of benzene rings is 2. The molecule has 1 aliphatic heterocycles. The molecule has 0 bridgehead atoms. The van der Waals surface area contributed by atoms with E-state index in [4.69, 9.17) is 17.0 Å². The number of methoxy groups -OCH3 is 1. The third-order valence-corrected chi connectivity index (χ3v) is 5.14. The first-order chi connectivity index (χ1) is 13.2. The Labute approximate surface area is 167 Å². The smallest absolute Gasteiger partial charge is 0.169 e. The summed E-state index contributed by atoms with van der Waals surface area (Å²) in [5.74, 6) is 0.874. The summed E-state index contributed by atoms with van der Waals surface area (Å²) in [6.07, 6.45) is 4.43. The minimum absolute atomic E-state index is 0.739. The predicted molar refractivity (Wildman–Crippen MR) is 116 cm³/mol. The summed E-state index contributed by atoms with van der Waals surface area (Å²) >= 11 is 5.57. The molecule has 1 aliphatic rings. The summed E-state index contributed by atoms with van der Waals surface area (Å²) in [5, 5.41) is 4.21. The maximum atomic E-state index is 5.57. The standard InChI is InChI=1S/C22H27N3OS/c1-26-21-11-9-20(10-12-21)18-23-22(27)25-16-14-24(15-17-25)13-5-8-19-6-3-2-4-7-19/h2-12H,13-18H2,1H3,(H,23,27)/b8-5+. The number of thiocarbonyl (C=S) groups is 1. The van der Waals surface area contributed by atoms with E-state index in [-0.39, 0.29) is 0 Å². The lowest BCUT2D eigenvalue weighted by atomic mass is 10.2. The summed E-state index contributed by atoms with van der Waals surface area (Å²) in [4.78, 5) is 4.72. The Balaban J connectivity index is 1.37. The van der Waals surface area contributed by atoms with Crippen molar-refractivity contribution in [1.82, 2.24) is 15.1 Å². The molecule has 0 aliphatic carbocycles. The molecule has 142 valence electrons. The molecule has 0 amide bonds. The van der Waals surface area contributed by atoms with Crippen LogP contribution in [-0.4, -0.2) is 54.7 Å². The number of hydrogen-bond donors (Lipinski definition) is 1. The molecule has 0 unspecified atom stereocenters. The highest BCUT2D eigenvalue weighted by Gasteiger charge is 2.17. The molecule has 2 aromatic rings. The van der Waals surface area contributed by atoms with E-state index < -0.39 is 0 Å². The minimum atomic E-state index is 0.739. The van der Waals surface area contributed by atoms with E-state index in [0.717, 1.165) is 50.1 Å². The number of rotatable bonds is 6. The van der Waals surface area contributed by atoms with Crippen LogP contribution in [0.25, 0.3) is 6.08 Å². The van der Waals surface area contributed by atoms with Crippen LogP contribution in [0, 0.1) is 0 Å². The number of hydrogen-bond acceptors (Lipinski definition) is 3. The van der Waals surface area contributed by atoms with Gasteiger partial charge in [-0.05, 0) is 35.5 Å². The third-order valence-electron chi connectivity index (χ3n) is 4.74. The average molecular weight is 382 g/mol. The van der Waals surface area contributed by atoms with Gasteiger partial charge in [-0.3, -0.25) is 4.90 Å². The van der Waals surface area contributed by atoms with Crippen molar-refractivity contribution in [3.05, 3.63) is 71.8 Å². The van der Waals surface area contributed by atoms with Gasteiger partial charge in [-0.2, -0.15) is 0 Å². The molecular formula is C22H27N3OS. The topological polar surface area (TPSA) is 27.7 Å². The first kappa shape index (κ1) is 19.4. The van der Waals surface area contributed by atoms with E-state index in [9.17, 15) is 0 Å². The van der Waals surface area contributed by atoms with Crippen LogP contribution in [0.1, 0.15) is 11.1 Å². The Hall–Kier alpha value is -2.37. The van der Waals surface area contributed by atoms with Crippen LogP contribution in [-0.2, 0) is 6.54 Å². The molecule has 2 aromatic carbocycles. The molecule has 1 N–H and O–H groups in total. The van der Waals surface area contributed by atoms with E-state index in [1.54, 1.807) is 7.11 Å². The van der Waals surface area contributed by atoms with Crippen molar-refractivity contribution in [2.24, 2.45) is 0 Å². The molecule has 0 spiro atoms. The van der Waals surface area contributed by atoms with Crippen LogP contribution in [0.15, 0.2) is 60.7 Å². The molecule has 0 atom stereocenters. The normalized spacial score (nSPS) is 15.1. The van der Waals surface area contributed by atoms with Gasteiger partial charge in [-0.1, -0.05) is 54.6 Å². The van der Waals surface area contributed by atoms with E-state index in [2.05, 4.69) is 63.7 Å². The molecular weight excluding hydrogens is 354 g/mol. The van der Waals surface area contributed by atoms with Gasteiger partial charge in [-0.25, -0.2) is 0 Å². The Kier molecular flexibility index (Phi) is 7.25. The molecule has 1 fully saturated rings. The fourth-order valence-electron chi connectivity index (χ4n) is 3.07. The Bertz CT molecular complexity index is 738. The van der Waals surface area contributed by atoms with E-state index in [1.165, 1.54) is 11.1 Å². The van der Waals surface area contributed by atoms with Crippen LogP contribution in [0.4, 0.5) is 0 Å². The summed E-state index contributed by atoms with van der Waals surface area (Å²) < 4.78 is 5.19. The van der Waals surface area contributed by atoms with E-state index >= 15 is 0 Å². The van der Waals surface area contributed by atoms with Gasteiger partial charge in [-0.15, -0.1) is 0 Å². The molecule has 1 heterocycles. The summed E-state index contributed by atoms with van der Waals surface area (Å²) in [6.45, 7) is 5.71. The van der Waals surface area contributed by atoms with Crippen molar-refractivity contribution in [3.63, 3.8) is 0 Å². The van der Waals surface area contributed by atoms with Crippen LogP contribution in [0.2, 0.25) is 0 Å². The molecule has 5 heteroatoms. The second-order valence-electron chi connectivity index (χ2n) is 6.61. The summed E-state index contributed by atoms with van der Waals surface area (Å²) in [5.41, 5.74) is 2.45. The van der Waals surface area contributed by atoms with Gasteiger partial charge < -0.3 is 15.0 Å². The maximum absolute atomic E-state index is 5.57. The van der Waals surface area contributed by atoms with Crippen molar-refractivity contribution in [2.75, 3.05) is 39.8 Å². The fraction of sp³-hybridized carbons (Fsp3) is 0.318. The predicted octanol–water partition coefficient (Wildman–Crippen LogP) is 3.40. The zero-order chi connectivity index (χ0) is 18.9. The Morgan fingerprint density at radius 3 is 2.41 bits per heavy atom. The zero-order valence-corrected chi connectivity index (χ0v) is 16.6. The van der Waals surface area contributed by atoms with Crippen molar-refractivity contribution in [3.8, 4) is 5.75 Å². The number of nitrogens with zero attached hydrogens (tertiary/aromatic N) is 2. The van der Waals surface area contributed by atoms with Crippen molar-refractivity contribution < 1.29 is 4.74 Å². The van der Waals surface area contributed by atoms with Gasteiger partial charge in [0.1, 0.15) is 5.75 Å². The lowest BCUT2D eigenvalue weighted by Gasteiger charge is -2.35.